The Bertz CT molecular complexity index is 790. The fraction of sp³-hybridized carbons (Fsp3) is 0.0667. The molecule has 0 radical (unpaired) electrons. The molecule has 6 nitrogen and oxygen atoms in total. The molecule has 21 heavy (non-hydrogen) atoms. The molecule has 0 spiro atoms. The number of carbonyl (C=O) groups is 1. The van der Waals surface area contributed by atoms with E-state index in [2.05, 4.69) is 20.3 Å². The van der Waals surface area contributed by atoms with Gasteiger partial charge in [0.05, 0.1) is 24.5 Å². The molecular formula is C15H12N4O2. The third-order valence-electron chi connectivity index (χ3n) is 2.96. The van der Waals surface area contributed by atoms with E-state index in [4.69, 9.17) is 4.74 Å². The highest BCUT2D eigenvalue weighted by atomic mass is 16.5. The van der Waals surface area contributed by atoms with E-state index in [1.54, 1.807) is 19.4 Å². The number of hydrogen-bond acceptors (Lipinski definition) is 5. The Morgan fingerprint density at radius 3 is 2.86 bits per heavy atom. The fourth-order valence-electron chi connectivity index (χ4n) is 1.98. The largest absolute Gasteiger partial charge is 0.497 e. The summed E-state index contributed by atoms with van der Waals surface area (Å²) in [5.74, 6) is 0.299. The van der Waals surface area contributed by atoms with Crippen molar-refractivity contribution >= 4 is 22.5 Å². The molecule has 2 heterocycles. The van der Waals surface area contributed by atoms with Crippen molar-refractivity contribution < 1.29 is 9.53 Å². The quantitative estimate of drug-likeness (QED) is 0.796. The van der Waals surface area contributed by atoms with Gasteiger partial charge in [0.15, 0.2) is 0 Å². The summed E-state index contributed by atoms with van der Waals surface area (Å²) in [6, 6.07) is 7.32. The predicted molar refractivity (Wildman–Crippen MR) is 78.3 cm³/mol. The van der Waals surface area contributed by atoms with Crippen molar-refractivity contribution in [3.63, 3.8) is 0 Å². The Labute approximate surface area is 120 Å². The Morgan fingerprint density at radius 2 is 2.10 bits per heavy atom. The van der Waals surface area contributed by atoms with Gasteiger partial charge in [-0.2, -0.15) is 0 Å². The SMILES string of the molecule is COc1cc(NC(=O)c2cnccn2)c2ncccc2c1. The third-order valence-corrected chi connectivity index (χ3v) is 2.96. The average molecular weight is 280 g/mol. The van der Waals surface area contributed by atoms with Crippen molar-refractivity contribution in [3.8, 4) is 5.75 Å². The number of hydrogen-bond donors (Lipinski definition) is 1. The molecule has 0 unspecified atom stereocenters. The van der Waals surface area contributed by atoms with Crippen LogP contribution in [0.3, 0.4) is 0 Å². The summed E-state index contributed by atoms with van der Waals surface area (Å²) in [7, 11) is 1.58. The number of aromatic nitrogens is 3. The first-order valence-corrected chi connectivity index (χ1v) is 6.28. The molecule has 0 saturated carbocycles. The van der Waals surface area contributed by atoms with Crippen molar-refractivity contribution in [3.05, 3.63) is 54.7 Å². The maximum absolute atomic E-state index is 12.2. The monoisotopic (exact) mass is 280 g/mol. The summed E-state index contributed by atoms with van der Waals surface area (Å²) in [6.07, 6.45) is 6.06. The summed E-state index contributed by atoms with van der Waals surface area (Å²) in [6.45, 7) is 0. The van der Waals surface area contributed by atoms with Gasteiger partial charge in [-0.15, -0.1) is 0 Å². The van der Waals surface area contributed by atoms with Crippen LogP contribution >= 0.6 is 0 Å². The first-order valence-electron chi connectivity index (χ1n) is 6.28. The van der Waals surface area contributed by atoms with E-state index in [1.807, 2.05) is 18.2 Å². The van der Waals surface area contributed by atoms with Gasteiger partial charge < -0.3 is 10.1 Å². The van der Waals surface area contributed by atoms with Crippen LogP contribution in [0.15, 0.2) is 49.1 Å². The summed E-state index contributed by atoms with van der Waals surface area (Å²) in [5, 5.41) is 3.67. The van der Waals surface area contributed by atoms with Gasteiger partial charge in [-0.1, -0.05) is 6.07 Å². The van der Waals surface area contributed by atoms with Crippen molar-refractivity contribution in [2.75, 3.05) is 12.4 Å². The van der Waals surface area contributed by atoms with Crippen LogP contribution < -0.4 is 10.1 Å². The van der Waals surface area contributed by atoms with Crippen LogP contribution in [0.2, 0.25) is 0 Å². The number of benzene rings is 1. The number of pyridine rings is 1. The molecule has 3 aromatic rings. The van der Waals surface area contributed by atoms with E-state index >= 15 is 0 Å². The van der Waals surface area contributed by atoms with E-state index in [1.165, 1.54) is 18.6 Å². The second kappa shape index (κ2) is 5.54. The molecule has 6 heteroatoms. The highest BCUT2D eigenvalue weighted by Gasteiger charge is 2.11. The number of carbonyl (C=O) groups excluding carboxylic acids is 1. The van der Waals surface area contributed by atoms with Crippen LogP contribution in [0.1, 0.15) is 10.5 Å². The molecule has 0 aliphatic carbocycles. The molecule has 0 fully saturated rings. The van der Waals surface area contributed by atoms with Gasteiger partial charge in [0.2, 0.25) is 0 Å². The predicted octanol–water partition coefficient (Wildman–Crippen LogP) is 2.29. The van der Waals surface area contributed by atoms with E-state index in [-0.39, 0.29) is 11.6 Å². The third kappa shape index (κ3) is 2.64. The van der Waals surface area contributed by atoms with Crippen molar-refractivity contribution in [2.24, 2.45) is 0 Å². The molecular weight excluding hydrogens is 268 g/mol. The van der Waals surface area contributed by atoms with E-state index in [0.717, 1.165) is 5.39 Å². The minimum Gasteiger partial charge on any atom is -0.497 e. The van der Waals surface area contributed by atoms with Gasteiger partial charge in [0.1, 0.15) is 11.4 Å². The number of ether oxygens (including phenoxy) is 1. The van der Waals surface area contributed by atoms with Crippen molar-refractivity contribution in [1.29, 1.82) is 0 Å². The molecule has 0 bridgehead atoms. The zero-order chi connectivity index (χ0) is 14.7. The van der Waals surface area contributed by atoms with E-state index in [0.29, 0.717) is 17.0 Å². The Hall–Kier alpha value is -3.02. The summed E-state index contributed by atoms with van der Waals surface area (Å²) >= 11 is 0. The lowest BCUT2D eigenvalue weighted by atomic mass is 10.1. The summed E-state index contributed by atoms with van der Waals surface area (Å²) in [4.78, 5) is 24.3. The van der Waals surface area contributed by atoms with Crippen LogP contribution in [-0.4, -0.2) is 28.0 Å². The Kier molecular flexibility index (Phi) is 3.42. The van der Waals surface area contributed by atoms with Gasteiger partial charge >= 0.3 is 0 Å². The number of nitrogens with one attached hydrogen (secondary N) is 1. The van der Waals surface area contributed by atoms with Crippen LogP contribution in [-0.2, 0) is 0 Å². The number of nitrogens with zero attached hydrogens (tertiary/aromatic N) is 3. The number of amides is 1. The number of rotatable bonds is 3. The molecule has 2 aromatic heterocycles. The van der Waals surface area contributed by atoms with Crippen LogP contribution in [0.4, 0.5) is 5.69 Å². The zero-order valence-electron chi connectivity index (χ0n) is 11.3. The fourth-order valence-corrected chi connectivity index (χ4v) is 1.98. The zero-order valence-corrected chi connectivity index (χ0v) is 11.3. The Balaban J connectivity index is 2.02. The standard InChI is InChI=1S/C15H12N4O2/c1-21-11-7-10-3-2-4-18-14(10)12(8-11)19-15(20)13-9-16-5-6-17-13/h2-9H,1H3,(H,19,20). The number of methoxy groups -OCH3 is 1. The van der Waals surface area contributed by atoms with Crippen LogP contribution in [0.25, 0.3) is 10.9 Å². The maximum Gasteiger partial charge on any atom is 0.275 e. The smallest absolute Gasteiger partial charge is 0.275 e. The second-order valence-corrected chi connectivity index (χ2v) is 4.29. The highest BCUT2D eigenvalue weighted by Crippen LogP contribution is 2.27. The van der Waals surface area contributed by atoms with Gasteiger partial charge in [-0.05, 0) is 12.1 Å². The minimum atomic E-state index is -0.344. The minimum absolute atomic E-state index is 0.240. The van der Waals surface area contributed by atoms with E-state index < -0.39 is 0 Å². The lowest BCUT2D eigenvalue weighted by molar-refractivity contribution is 0.102. The topological polar surface area (TPSA) is 77.0 Å². The van der Waals surface area contributed by atoms with Crippen molar-refractivity contribution in [2.45, 2.75) is 0 Å². The Morgan fingerprint density at radius 1 is 1.19 bits per heavy atom. The molecule has 1 N–H and O–H groups in total. The van der Waals surface area contributed by atoms with Gasteiger partial charge in [-0.25, -0.2) is 4.98 Å². The molecule has 104 valence electrons. The number of anilines is 1. The molecule has 0 aliphatic heterocycles. The highest BCUT2D eigenvalue weighted by molar-refractivity contribution is 6.07. The molecule has 0 saturated heterocycles. The second-order valence-electron chi connectivity index (χ2n) is 4.29. The van der Waals surface area contributed by atoms with Gasteiger partial charge in [0, 0.05) is 30.0 Å². The van der Waals surface area contributed by atoms with Gasteiger partial charge in [0.25, 0.3) is 5.91 Å². The number of fused-ring (bicyclic) bond motifs is 1. The summed E-state index contributed by atoms with van der Waals surface area (Å²) < 4.78 is 5.24. The van der Waals surface area contributed by atoms with Crippen LogP contribution in [0.5, 0.6) is 5.75 Å². The average Bonchev–Trinajstić information content (AvgIpc) is 2.55. The molecule has 0 aliphatic rings. The van der Waals surface area contributed by atoms with E-state index in [9.17, 15) is 4.79 Å². The maximum atomic E-state index is 12.2. The lowest BCUT2D eigenvalue weighted by Gasteiger charge is -2.10. The molecule has 1 aromatic carbocycles. The first kappa shape index (κ1) is 13.0. The van der Waals surface area contributed by atoms with Crippen LogP contribution in [0, 0.1) is 0 Å². The van der Waals surface area contributed by atoms with Crippen molar-refractivity contribution in [1.82, 2.24) is 15.0 Å². The normalized spacial score (nSPS) is 10.3. The molecule has 3 rings (SSSR count). The van der Waals surface area contributed by atoms with Gasteiger partial charge in [-0.3, -0.25) is 14.8 Å². The summed E-state index contributed by atoms with van der Waals surface area (Å²) in [5.41, 5.74) is 1.50. The first-order chi connectivity index (χ1) is 10.3. The molecule has 1 amide bonds. The lowest BCUT2D eigenvalue weighted by Crippen LogP contribution is -2.14. The molecule has 0 atom stereocenters.